The predicted octanol–water partition coefficient (Wildman–Crippen LogP) is 4.16. The molecule has 1 aliphatic rings. The molecule has 76 heavy (non-hydrogen) atoms. The third-order valence-corrected chi connectivity index (χ3v) is 14.5. The lowest BCUT2D eigenvalue weighted by molar-refractivity contribution is -0.176. The zero-order valence-corrected chi connectivity index (χ0v) is 47.5. The van der Waals surface area contributed by atoms with Gasteiger partial charge in [-0.3, -0.25) is 28.3 Å². The van der Waals surface area contributed by atoms with Gasteiger partial charge in [-0.1, -0.05) is 79.7 Å². The second kappa shape index (κ2) is 27.4. The third-order valence-electron chi connectivity index (χ3n) is 12.8. The largest absolute Gasteiger partial charge is 0.451 e. The highest BCUT2D eigenvalue weighted by Gasteiger charge is 2.43. The molecule has 0 radical (unpaired) electrons. The first-order chi connectivity index (χ1) is 35.0. The van der Waals surface area contributed by atoms with Crippen LogP contribution in [0, 0.1) is 23.7 Å². The van der Waals surface area contributed by atoms with Gasteiger partial charge in [0, 0.05) is 41.0 Å². The van der Waals surface area contributed by atoms with Crippen LogP contribution in [0.1, 0.15) is 106 Å². The zero-order valence-electron chi connectivity index (χ0n) is 45.8. The number of nitrogens with zero attached hydrogens (tertiary/aromatic N) is 4. The van der Waals surface area contributed by atoms with Crippen molar-refractivity contribution in [3.8, 4) is 0 Å². The van der Waals surface area contributed by atoms with Gasteiger partial charge in [0.15, 0.2) is 24.4 Å². The first kappa shape index (κ1) is 64.3. The molecule has 0 aromatic heterocycles. The van der Waals surface area contributed by atoms with E-state index in [4.69, 9.17) is 18.9 Å². The van der Waals surface area contributed by atoms with Crippen LogP contribution < -0.4 is 0 Å². The van der Waals surface area contributed by atoms with E-state index in [2.05, 4.69) is 0 Å². The van der Waals surface area contributed by atoms with Crippen molar-refractivity contribution in [2.75, 3.05) is 28.2 Å². The number of carbonyl (C=O) groups excluding carboxylic acids is 8. The van der Waals surface area contributed by atoms with Crippen molar-refractivity contribution in [3.05, 3.63) is 59.7 Å². The molecule has 4 amide bonds. The Bertz CT molecular complexity index is 2430. The number of likely N-dealkylation sites (N-methyl/N-ethyl adjacent to an activating group) is 4. The fraction of sp³-hybridized carbons (Fsp3) is 0.615. The predicted molar refractivity (Wildman–Crippen MR) is 275 cm³/mol. The fourth-order valence-corrected chi connectivity index (χ4v) is 9.46. The molecule has 0 bridgehead atoms. The standard InChI is InChI=1S/C52H76N4O18S2/c1-29(2)23-39-49(61)71-33(9)45(57)53(11)42(26-32(7)8)52(64)74-44(28-36-17-21-38(22-18-36)76(68,69)70)48(60)56(14)40(24-30(3)4)50(62)72-34(10)46(58)54(12)41(25-31(5)6)51(63)73-43(47(59)55(39)13)27-35-15-19-37(20-16-35)75(65,66)67/h15-22,29-34,39-44H,23-28H2,1-14H3,(H,65,66,67)(H,68,69,70)/t33-,34-,39+,40+,41+,42+,43-,44-/m1/s1. The summed E-state index contributed by atoms with van der Waals surface area (Å²) in [6, 6.07) is 3.76. The molecule has 2 aromatic carbocycles. The van der Waals surface area contributed by atoms with Crippen molar-refractivity contribution in [2.45, 2.75) is 166 Å². The number of rotatable bonds is 14. The van der Waals surface area contributed by atoms with E-state index in [0.29, 0.717) is 0 Å². The maximum absolute atomic E-state index is 14.7. The van der Waals surface area contributed by atoms with E-state index >= 15 is 0 Å². The van der Waals surface area contributed by atoms with Gasteiger partial charge >= 0.3 is 23.9 Å². The summed E-state index contributed by atoms with van der Waals surface area (Å²) in [5, 5.41) is 0. The lowest BCUT2D eigenvalue weighted by atomic mass is 10.00. The van der Waals surface area contributed by atoms with E-state index in [-0.39, 0.29) is 60.5 Å². The highest BCUT2D eigenvalue weighted by atomic mass is 32.2. The van der Waals surface area contributed by atoms with Crippen LogP contribution in [0.25, 0.3) is 0 Å². The summed E-state index contributed by atoms with van der Waals surface area (Å²) in [5.74, 6) is -9.00. The zero-order chi connectivity index (χ0) is 57.9. The number of hydrogen-bond acceptors (Lipinski definition) is 16. The minimum absolute atomic E-state index is 0.0336. The van der Waals surface area contributed by atoms with Crippen molar-refractivity contribution < 1.29 is 83.2 Å². The number of benzene rings is 2. The molecule has 8 atom stereocenters. The lowest BCUT2D eigenvalue weighted by Gasteiger charge is -2.35. The molecule has 3 rings (SSSR count). The summed E-state index contributed by atoms with van der Waals surface area (Å²) in [6.07, 6.45) is -7.62. The Balaban J connectivity index is 2.30. The molecule has 1 aliphatic heterocycles. The number of amides is 4. The van der Waals surface area contributed by atoms with Crippen molar-refractivity contribution in [2.24, 2.45) is 23.7 Å². The minimum Gasteiger partial charge on any atom is -0.451 e. The van der Waals surface area contributed by atoms with Crippen molar-refractivity contribution in [1.82, 2.24) is 19.6 Å². The van der Waals surface area contributed by atoms with Crippen LogP contribution in [0.5, 0.6) is 0 Å². The van der Waals surface area contributed by atoms with Crippen molar-refractivity contribution in [1.29, 1.82) is 0 Å². The van der Waals surface area contributed by atoms with E-state index in [0.717, 1.165) is 43.9 Å². The fourth-order valence-electron chi connectivity index (χ4n) is 8.50. The summed E-state index contributed by atoms with van der Waals surface area (Å²) >= 11 is 0. The highest BCUT2D eigenvalue weighted by molar-refractivity contribution is 7.86. The van der Waals surface area contributed by atoms with Gasteiger partial charge in [-0.25, -0.2) is 19.2 Å². The van der Waals surface area contributed by atoms with Gasteiger partial charge < -0.3 is 38.5 Å². The summed E-state index contributed by atoms with van der Waals surface area (Å²) in [4.78, 5) is 119. The smallest absolute Gasteiger partial charge is 0.329 e. The first-order valence-corrected chi connectivity index (χ1v) is 27.9. The Kier molecular flexibility index (Phi) is 23.2. The van der Waals surface area contributed by atoms with Gasteiger partial charge in [0.05, 0.1) is 9.79 Å². The van der Waals surface area contributed by atoms with Crippen LogP contribution >= 0.6 is 0 Å². The summed E-state index contributed by atoms with van der Waals surface area (Å²) < 4.78 is 90.1. The highest BCUT2D eigenvalue weighted by Crippen LogP contribution is 2.25. The first-order valence-electron chi connectivity index (χ1n) is 25.1. The molecule has 0 unspecified atom stereocenters. The van der Waals surface area contributed by atoms with Crippen LogP contribution in [-0.4, -0.2) is 170 Å². The number of hydrogen-bond donors (Lipinski definition) is 2. The number of cyclic esters (lactones) is 4. The second-order valence-corrected chi connectivity index (χ2v) is 23.9. The Labute approximate surface area is 446 Å². The average Bonchev–Trinajstić information content (AvgIpc) is 3.32. The Morgan fingerprint density at radius 2 is 0.632 bits per heavy atom. The maximum atomic E-state index is 14.7. The van der Waals surface area contributed by atoms with Gasteiger partial charge in [-0.2, -0.15) is 16.8 Å². The quantitative estimate of drug-likeness (QED) is 0.152. The van der Waals surface area contributed by atoms with Crippen LogP contribution in [0.4, 0.5) is 0 Å². The molecule has 2 aromatic rings. The molecule has 2 N–H and O–H groups in total. The number of esters is 4. The molecular weight excluding hydrogens is 1030 g/mol. The Morgan fingerprint density at radius 1 is 0.408 bits per heavy atom. The summed E-state index contributed by atoms with van der Waals surface area (Å²) in [5.41, 5.74) is 0.510. The third kappa shape index (κ3) is 18.1. The van der Waals surface area contributed by atoms with Gasteiger partial charge in [-0.05, 0) is 98.6 Å². The molecule has 0 saturated carbocycles. The molecule has 0 aliphatic carbocycles. The van der Waals surface area contributed by atoms with E-state index in [9.17, 15) is 64.3 Å². The van der Waals surface area contributed by atoms with Crippen LogP contribution in [0.2, 0.25) is 0 Å². The van der Waals surface area contributed by atoms with Crippen molar-refractivity contribution >= 4 is 67.7 Å². The number of ether oxygens (including phenoxy) is 4. The lowest BCUT2D eigenvalue weighted by Crippen LogP contribution is -2.55. The molecule has 1 heterocycles. The van der Waals surface area contributed by atoms with Gasteiger partial charge in [0.25, 0.3) is 43.9 Å². The van der Waals surface area contributed by atoms with E-state index in [1.807, 2.05) is 0 Å². The maximum Gasteiger partial charge on any atom is 0.329 e. The van der Waals surface area contributed by atoms with Gasteiger partial charge in [0.1, 0.15) is 24.2 Å². The van der Waals surface area contributed by atoms with Gasteiger partial charge in [0.2, 0.25) is 0 Å². The summed E-state index contributed by atoms with van der Waals surface area (Å²) in [6.45, 7) is 16.6. The topological polar surface area (TPSA) is 295 Å². The molecule has 1 saturated heterocycles. The normalized spacial score (nSPS) is 24.3. The second-order valence-electron chi connectivity index (χ2n) is 21.0. The monoisotopic (exact) mass is 1110 g/mol. The van der Waals surface area contributed by atoms with E-state index in [1.54, 1.807) is 55.4 Å². The van der Waals surface area contributed by atoms with Crippen LogP contribution in [0.3, 0.4) is 0 Å². The molecule has 0 spiro atoms. The average molecular weight is 1110 g/mol. The molecule has 22 nitrogen and oxygen atoms in total. The Morgan fingerprint density at radius 3 is 0.855 bits per heavy atom. The van der Waals surface area contributed by atoms with E-state index in [1.165, 1.54) is 66.3 Å². The molecule has 1 fully saturated rings. The van der Waals surface area contributed by atoms with Crippen LogP contribution in [-0.2, 0) is 90.4 Å². The number of carbonyl (C=O) groups is 8. The van der Waals surface area contributed by atoms with Crippen LogP contribution in [0.15, 0.2) is 58.3 Å². The molecular formula is C52H76N4O18S2. The van der Waals surface area contributed by atoms with E-state index < -0.39 is 139 Å². The van der Waals surface area contributed by atoms with Gasteiger partial charge in [-0.15, -0.1) is 0 Å². The SMILES string of the molecule is CC(C)C[C@H]1C(=O)O[C@H](Cc2ccc(S(=O)(=O)O)cc2)C(=O)N(C)[C@@H](CC(C)C)C(=O)O[C@H](C)C(=O)N(C)[C@@H](CC(C)C)C(=O)O[C@H](Cc2ccc(S(=O)(=O)O)cc2)C(=O)N(C)[C@@H](CC(C)C)C(=O)O[C@H](C)C(=O)N1C. The summed E-state index contributed by atoms with van der Waals surface area (Å²) in [7, 11) is -4.18. The minimum atomic E-state index is -4.62. The van der Waals surface area contributed by atoms with Crippen molar-refractivity contribution in [3.63, 3.8) is 0 Å². The Hall–Kier alpha value is -5.98. The molecule has 424 valence electrons. The molecule has 24 heteroatoms.